The molecule has 0 unspecified atom stereocenters. The van der Waals surface area contributed by atoms with Gasteiger partial charge in [-0.15, -0.1) is 0 Å². The second-order valence-electron chi connectivity index (χ2n) is 16.2. The van der Waals surface area contributed by atoms with Crippen LogP contribution in [0.5, 0.6) is 0 Å². The molecule has 0 aliphatic carbocycles. The lowest BCUT2D eigenvalue weighted by Gasteiger charge is -2.32. The van der Waals surface area contributed by atoms with E-state index in [9.17, 15) is 43.2 Å². The van der Waals surface area contributed by atoms with E-state index in [2.05, 4.69) is 39.5 Å². The van der Waals surface area contributed by atoms with Crippen LogP contribution >= 0.6 is 0 Å². The number of carbonyl (C=O) groups excluding carboxylic acids is 6. The molecule has 1 rings (SSSR count). The summed E-state index contributed by atoms with van der Waals surface area (Å²) in [5.74, 6) is -5.02. The number of ether oxygens (including phenoxy) is 6. The van der Waals surface area contributed by atoms with E-state index in [0.29, 0.717) is 13.7 Å². The molecule has 0 radical (unpaired) electrons. The second-order valence-corrected chi connectivity index (χ2v) is 16.2. The molecule has 1 aromatic heterocycles. The zero-order chi connectivity index (χ0) is 46.5. The van der Waals surface area contributed by atoms with Crippen LogP contribution < -0.4 is 17.1 Å². The lowest BCUT2D eigenvalue weighted by atomic mass is 9.91. The minimum Gasteiger partial charge on any atom is -0.462 e. The third-order valence-corrected chi connectivity index (χ3v) is 8.41. The van der Waals surface area contributed by atoms with Gasteiger partial charge in [0.2, 0.25) is 0 Å². The van der Waals surface area contributed by atoms with Gasteiger partial charge in [-0.1, -0.05) is 60.2 Å². The number of aromatic nitrogens is 3. The van der Waals surface area contributed by atoms with Gasteiger partial charge in [0, 0.05) is 53.1 Å². The topological polar surface area (TPSA) is 224 Å². The van der Waals surface area contributed by atoms with Crippen molar-refractivity contribution in [2.24, 2.45) is 16.2 Å². The molecular weight excluding hydrogens is 786 g/mol. The summed E-state index contributed by atoms with van der Waals surface area (Å²) in [6, 6.07) is 0. The Kier molecular flexibility index (Phi) is 18.6. The highest BCUT2D eigenvalue weighted by molar-refractivity contribution is 5.89. The van der Waals surface area contributed by atoms with E-state index >= 15 is 0 Å². The Morgan fingerprint density at radius 3 is 0.617 bits per heavy atom. The molecule has 0 aliphatic rings. The van der Waals surface area contributed by atoms with Crippen LogP contribution in [0.4, 0.5) is 0 Å². The summed E-state index contributed by atoms with van der Waals surface area (Å²) in [5.41, 5.74) is -8.22. The summed E-state index contributed by atoms with van der Waals surface area (Å²) in [5, 5.41) is 0. The van der Waals surface area contributed by atoms with E-state index in [1.54, 1.807) is 0 Å². The number of hydrogen-bond donors (Lipinski definition) is 0. The molecule has 0 fully saturated rings. The molecule has 0 spiro atoms. The summed E-state index contributed by atoms with van der Waals surface area (Å²) >= 11 is 0. The normalized spacial score (nSPS) is 11.3. The van der Waals surface area contributed by atoms with Crippen molar-refractivity contribution in [3.63, 3.8) is 0 Å². The van der Waals surface area contributed by atoms with E-state index in [1.165, 1.54) is 62.3 Å². The van der Waals surface area contributed by atoms with Crippen molar-refractivity contribution < 1.29 is 57.2 Å². The van der Waals surface area contributed by atoms with Crippen molar-refractivity contribution >= 4 is 35.8 Å². The lowest BCUT2D eigenvalue weighted by molar-refractivity contribution is -0.150. The van der Waals surface area contributed by atoms with Gasteiger partial charge < -0.3 is 28.4 Å². The fraction of sp³-hybridized carbons (Fsp3) is 0.500. The summed E-state index contributed by atoms with van der Waals surface area (Å²) in [6.45, 7) is 28.7. The van der Waals surface area contributed by atoms with Crippen LogP contribution in [0, 0.1) is 16.2 Å². The molecule has 0 aliphatic heterocycles. The fourth-order valence-corrected chi connectivity index (χ4v) is 4.81. The third kappa shape index (κ3) is 15.4. The van der Waals surface area contributed by atoms with Crippen LogP contribution in [0.3, 0.4) is 0 Å². The molecule has 18 nitrogen and oxygen atoms in total. The average Bonchev–Trinajstić information content (AvgIpc) is 3.17. The largest absolute Gasteiger partial charge is 0.462 e. The standard InChI is InChI=1S/C42H57N3O15/c1-25(2)31(46)55-19-40(13,20-56-32(47)26(3)4)16-43-37(52)44(17-41(14,21-57-33(48)27(5)6)22-58-34(49)28(7)8)39(54)45(38(43)53)18-42(15,23-59-35(50)29(9)10)24-60-36(51)30(11)12/h1,3,5,7,9,11,16-24H2,2,4,6,8,10,12-15H3. The fourth-order valence-electron chi connectivity index (χ4n) is 4.81. The summed E-state index contributed by atoms with van der Waals surface area (Å²) < 4.78 is 34.2. The Balaban J connectivity index is 4.30. The highest BCUT2D eigenvalue weighted by Crippen LogP contribution is 2.24. The lowest BCUT2D eigenvalue weighted by Crippen LogP contribution is -2.59. The minimum absolute atomic E-state index is 0.0160. The van der Waals surface area contributed by atoms with Crippen LogP contribution in [-0.2, 0) is 76.8 Å². The van der Waals surface area contributed by atoms with Gasteiger partial charge in [0.25, 0.3) is 0 Å². The molecule has 1 heterocycles. The Labute approximate surface area is 348 Å². The SMILES string of the molecule is C=C(C)C(=O)OCC(C)(COC(=O)C(=C)C)Cn1c(=O)n(CC(C)(COC(=O)C(=C)C)COC(=O)C(=C)C)c(=O)n(CC(C)(COC(=O)C(=C)C)COC(=O)C(=C)C)c1=O. The van der Waals surface area contributed by atoms with Gasteiger partial charge in [-0.25, -0.2) is 56.9 Å². The first-order valence-corrected chi connectivity index (χ1v) is 18.4. The highest BCUT2D eigenvalue weighted by atomic mass is 16.6. The predicted octanol–water partition coefficient (Wildman–Crippen LogP) is 2.91. The average molecular weight is 844 g/mol. The molecule has 330 valence electrons. The maximum absolute atomic E-state index is 14.5. The first-order valence-electron chi connectivity index (χ1n) is 18.4. The number of esters is 6. The van der Waals surface area contributed by atoms with E-state index < -0.39 is 128 Å². The molecule has 0 aromatic carbocycles. The smallest absolute Gasteiger partial charge is 0.336 e. The van der Waals surface area contributed by atoms with Crippen LogP contribution in [0.25, 0.3) is 0 Å². The van der Waals surface area contributed by atoms with Crippen LogP contribution in [0.2, 0.25) is 0 Å². The molecule has 60 heavy (non-hydrogen) atoms. The van der Waals surface area contributed by atoms with Gasteiger partial charge in [-0.2, -0.15) is 0 Å². The number of hydrogen-bond acceptors (Lipinski definition) is 15. The second kappa shape index (κ2) is 21.6. The zero-order valence-electron chi connectivity index (χ0n) is 36.1. The molecule has 0 saturated heterocycles. The first kappa shape index (κ1) is 51.7. The maximum atomic E-state index is 14.5. The van der Waals surface area contributed by atoms with Gasteiger partial charge in [0.05, 0.1) is 16.2 Å². The van der Waals surface area contributed by atoms with Gasteiger partial charge in [-0.3, -0.25) is 0 Å². The number of nitrogens with zero attached hydrogens (tertiary/aromatic N) is 3. The summed E-state index contributed by atoms with van der Waals surface area (Å²) in [6.07, 6.45) is 0. The van der Waals surface area contributed by atoms with Crippen molar-refractivity contribution in [3.8, 4) is 0 Å². The van der Waals surface area contributed by atoms with Gasteiger partial charge in [0.15, 0.2) is 0 Å². The van der Waals surface area contributed by atoms with E-state index in [1.807, 2.05) is 0 Å². The number of rotatable bonds is 24. The van der Waals surface area contributed by atoms with E-state index in [-0.39, 0.29) is 33.4 Å². The first-order chi connectivity index (χ1) is 27.5. The van der Waals surface area contributed by atoms with Crippen LogP contribution in [0.1, 0.15) is 62.3 Å². The van der Waals surface area contributed by atoms with E-state index in [4.69, 9.17) is 28.4 Å². The Morgan fingerprint density at radius 1 is 0.367 bits per heavy atom. The van der Waals surface area contributed by atoms with Gasteiger partial charge >= 0.3 is 52.9 Å². The minimum atomic E-state index is -1.55. The van der Waals surface area contributed by atoms with Crippen LogP contribution in [-0.4, -0.2) is 89.2 Å². The molecule has 0 N–H and O–H groups in total. The number of carbonyl (C=O) groups is 6. The Morgan fingerprint density at radius 2 is 0.500 bits per heavy atom. The van der Waals surface area contributed by atoms with Gasteiger partial charge in [-0.05, 0) is 41.5 Å². The molecule has 18 heteroatoms. The van der Waals surface area contributed by atoms with Crippen molar-refractivity contribution in [2.45, 2.75) is 81.9 Å². The van der Waals surface area contributed by atoms with Crippen molar-refractivity contribution in [2.75, 3.05) is 39.6 Å². The quantitative estimate of drug-likeness (QED) is 0.0829. The van der Waals surface area contributed by atoms with Crippen LogP contribution in [0.15, 0.2) is 87.3 Å². The molecule has 1 aromatic rings. The summed E-state index contributed by atoms with van der Waals surface area (Å²) in [7, 11) is 0. The molecule has 0 saturated carbocycles. The van der Waals surface area contributed by atoms with Crippen molar-refractivity contribution in [1.29, 1.82) is 0 Å². The Bertz CT molecular complexity index is 1790. The molecule has 0 amide bonds. The monoisotopic (exact) mass is 843 g/mol. The summed E-state index contributed by atoms with van der Waals surface area (Å²) in [4.78, 5) is 119. The van der Waals surface area contributed by atoms with Crippen molar-refractivity contribution in [1.82, 2.24) is 13.7 Å². The van der Waals surface area contributed by atoms with Gasteiger partial charge in [0.1, 0.15) is 39.6 Å². The maximum Gasteiger partial charge on any atom is 0.336 e. The third-order valence-electron chi connectivity index (χ3n) is 8.41. The Hall–Kier alpha value is -6.33. The molecular formula is C42H57N3O15. The van der Waals surface area contributed by atoms with E-state index in [0.717, 1.165) is 0 Å². The molecule has 0 atom stereocenters. The predicted molar refractivity (Wildman–Crippen MR) is 218 cm³/mol. The molecule has 0 bridgehead atoms. The van der Waals surface area contributed by atoms with Crippen molar-refractivity contribution in [3.05, 3.63) is 104 Å². The zero-order valence-corrected chi connectivity index (χ0v) is 36.1. The highest BCUT2D eigenvalue weighted by Gasteiger charge is 2.37.